The van der Waals surface area contributed by atoms with Crippen LogP contribution in [0.2, 0.25) is 0 Å². The summed E-state index contributed by atoms with van der Waals surface area (Å²) in [5, 5.41) is 9.29. The van der Waals surface area contributed by atoms with E-state index >= 15 is 0 Å². The molecule has 0 spiro atoms. The van der Waals surface area contributed by atoms with E-state index in [1.165, 1.54) is 16.4 Å². The minimum atomic E-state index is -4.44. The van der Waals surface area contributed by atoms with Gasteiger partial charge in [-0.3, -0.25) is 10.0 Å². The van der Waals surface area contributed by atoms with E-state index in [1.807, 2.05) is 4.90 Å². The van der Waals surface area contributed by atoms with Gasteiger partial charge in [0.25, 0.3) is 5.91 Å². The molecule has 3 rings (SSSR count). The monoisotopic (exact) mass is 545 g/mol. The van der Waals surface area contributed by atoms with Crippen molar-refractivity contribution in [2.24, 2.45) is 0 Å². The molecule has 1 aromatic carbocycles. The van der Waals surface area contributed by atoms with E-state index in [9.17, 15) is 31.6 Å². The van der Waals surface area contributed by atoms with Crippen LogP contribution in [0.1, 0.15) is 31.2 Å². The Morgan fingerprint density at radius 2 is 1.71 bits per heavy atom. The van der Waals surface area contributed by atoms with Crippen LogP contribution in [0.15, 0.2) is 24.3 Å². The second-order valence-corrected chi connectivity index (χ2v) is 10.8. The largest absolute Gasteiger partial charge is 0.490 e. The fraction of sp³-hybridized carbons (Fsp3) is 0.667. The Morgan fingerprint density at radius 1 is 1.14 bits per heavy atom. The minimum Gasteiger partial charge on any atom is -0.490 e. The fourth-order valence-corrected chi connectivity index (χ4v) is 6.58. The van der Waals surface area contributed by atoms with Crippen LogP contribution < -0.4 is 10.2 Å². The zero-order valence-corrected chi connectivity index (χ0v) is 20.9. The van der Waals surface area contributed by atoms with Crippen LogP contribution in [0, 0.1) is 0 Å². The van der Waals surface area contributed by atoms with Gasteiger partial charge in [0.15, 0.2) is 4.75 Å². The van der Waals surface area contributed by atoms with Gasteiger partial charge in [-0.1, -0.05) is 0 Å². The van der Waals surface area contributed by atoms with Gasteiger partial charge >= 0.3 is 6.18 Å². The Bertz CT molecular complexity index is 933. The Balaban J connectivity index is 0.00000432. The van der Waals surface area contributed by atoms with E-state index in [1.54, 1.807) is 12.6 Å². The summed E-state index contributed by atoms with van der Waals surface area (Å²) < 4.78 is 75.5. The highest BCUT2D eigenvalue weighted by Crippen LogP contribution is 2.36. The Hall–Kier alpha value is -1.64. The highest BCUT2D eigenvalue weighted by atomic mass is 35.5. The molecule has 9 nitrogen and oxygen atoms in total. The first-order valence-electron chi connectivity index (χ1n) is 11.0. The Labute approximate surface area is 209 Å². The molecule has 2 saturated heterocycles. The Morgan fingerprint density at radius 3 is 2.20 bits per heavy atom. The molecule has 0 atom stereocenters. The van der Waals surface area contributed by atoms with Crippen LogP contribution in [0.5, 0.6) is 5.75 Å². The lowest BCUT2D eigenvalue weighted by Gasteiger charge is -2.43. The third-order valence-corrected chi connectivity index (χ3v) is 9.14. The topological polar surface area (TPSA) is 108 Å². The molecule has 1 amide bonds. The van der Waals surface area contributed by atoms with Gasteiger partial charge in [0, 0.05) is 39.8 Å². The van der Waals surface area contributed by atoms with Crippen LogP contribution >= 0.6 is 12.4 Å². The van der Waals surface area contributed by atoms with E-state index in [4.69, 9.17) is 9.47 Å². The van der Waals surface area contributed by atoms with Gasteiger partial charge in [0.1, 0.15) is 11.9 Å². The summed E-state index contributed by atoms with van der Waals surface area (Å²) in [6, 6.07) is 4.35. The van der Waals surface area contributed by atoms with Gasteiger partial charge in [0.05, 0.1) is 12.2 Å². The van der Waals surface area contributed by atoms with E-state index in [0.29, 0.717) is 39.1 Å². The maximum atomic E-state index is 13.5. The molecule has 0 unspecified atom stereocenters. The number of sulfonamides is 1. The number of piperidine rings is 2. The number of nitrogens with zero attached hydrogens (tertiary/aromatic N) is 2. The number of benzene rings is 1. The number of carbonyl (C=O) groups is 1. The summed E-state index contributed by atoms with van der Waals surface area (Å²) in [6.07, 6.45) is -4.11. The second kappa shape index (κ2) is 12.1. The SMILES string of the molecule is COCCN1CCC(C(=O)NO)(S(=O)(=O)N2CCC(Oc3ccc(C(F)(F)F)cc3)CC2)CC1.Cl. The van der Waals surface area contributed by atoms with Crippen LogP contribution in [0.3, 0.4) is 0 Å². The molecule has 1 aromatic rings. The van der Waals surface area contributed by atoms with Crippen LogP contribution in [-0.2, 0) is 25.7 Å². The summed E-state index contributed by atoms with van der Waals surface area (Å²) in [6.45, 7) is 2.02. The van der Waals surface area contributed by atoms with E-state index < -0.39 is 32.4 Å². The van der Waals surface area contributed by atoms with Gasteiger partial charge in [-0.15, -0.1) is 12.4 Å². The van der Waals surface area contributed by atoms with Crippen molar-refractivity contribution in [3.8, 4) is 5.75 Å². The van der Waals surface area contributed by atoms with E-state index in [0.717, 1.165) is 12.1 Å². The van der Waals surface area contributed by atoms with Gasteiger partial charge < -0.3 is 14.4 Å². The third kappa shape index (κ3) is 6.57. The van der Waals surface area contributed by atoms with Crippen molar-refractivity contribution in [1.29, 1.82) is 0 Å². The molecule has 2 heterocycles. The molecule has 2 N–H and O–H groups in total. The maximum Gasteiger partial charge on any atom is 0.416 e. The summed E-state index contributed by atoms with van der Waals surface area (Å²) in [5.41, 5.74) is 0.766. The predicted octanol–water partition coefficient (Wildman–Crippen LogP) is 2.29. The number of ether oxygens (including phenoxy) is 2. The number of alkyl halides is 3. The average Bonchev–Trinajstić information content (AvgIpc) is 2.82. The first-order chi connectivity index (χ1) is 16.0. The zero-order chi connectivity index (χ0) is 25.0. The van der Waals surface area contributed by atoms with Gasteiger partial charge in [0.2, 0.25) is 10.0 Å². The Kier molecular flexibility index (Phi) is 10.2. The van der Waals surface area contributed by atoms with Gasteiger partial charge in [-0.25, -0.2) is 18.2 Å². The average molecular weight is 546 g/mol. The van der Waals surface area contributed by atoms with Crippen molar-refractivity contribution in [3.05, 3.63) is 29.8 Å². The third-order valence-electron chi connectivity index (χ3n) is 6.51. The van der Waals surface area contributed by atoms with Crippen LogP contribution in [0.4, 0.5) is 13.2 Å². The van der Waals surface area contributed by atoms with E-state index in [2.05, 4.69) is 0 Å². The molecule has 0 aromatic heterocycles. The number of nitrogens with one attached hydrogen (secondary N) is 1. The molecule has 2 aliphatic heterocycles. The lowest BCUT2D eigenvalue weighted by atomic mass is 9.95. The van der Waals surface area contributed by atoms with Crippen molar-refractivity contribution in [2.45, 2.75) is 42.7 Å². The molecule has 2 aliphatic rings. The summed E-state index contributed by atoms with van der Waals surface area (Å²) in [4.78, 5) is 14.6. The normalized spacial score (nSPS) is 20.1. The standard InChI is InChI=1S/C21H30F3N3O6S.ClH/c1-32-15-14-26-12-8-20(9-13-26,19(28)25-29)34(30,31)27-10-6-18(7-11-27)33-17-4-2-16(3-5-17)21(22,23)24;/h2-5,18,29H,6-15H2,1H3,(H,25,28);1H. The van der Waals surface area contributed by atoms with Crippen molar-refractivity contribution < 1.29 is 41.1 Å². The first-order valence-corrected chi connectivity index (χ1v) is 12.5. The van der Waals surface area contributed by atoms with Crippen LogP contribution in [-0.4, -0.2) is 86.0 Å². The maximum absolute atomic E-state index is 13.5. The smallest absolute Gasteiger partial charge is 0.416 e. The highest BCUT2D eigenvalue weighted by molar-refractivity contribution is 7.91. The molecule has 14 heteroatoms. The number of carbonyl (C=O) groups excluding carboxylic acids is 1. The molecule has 0 aliphatic carbocycles. The van der Waals surface area contributed by atoms with Gasteiger partial charge in [-0.2, -0.15) is 13.2 Å². The van der Waals surface area contributed by atoms with Crippen molar-refractivity contribution >= 4 is 28.3 Å². The summed E-state index contributed by atoms with van der Waals surface area (Å²) >= 11 is 0. The van der Waals surface area contributed by atoms with Gasteiger partial charge in [-0.05, 0) is 49.9 Å². The van der Waals surface area contributed by atoms with Crippen molar-refractivity contribution in [3.63, 3.8) is 0 Å². The second-order valence-electron chi connectivity index (χ2n) is 8.51. The highest BCUT2D eigenvalue weighted by Gasteiger charge is 2.55. The molecule has 0 radical (unpaired) electrons. The number of hydroxylamine groups is 1. The quantitative estimate of drug-likeness (QED) is 0.381. The molecular weight excluding hydrogens is 515 g/mol. The van der Waals surface area contributed by atoms with Crippen molar-refractivity contribution in [1.82, 2.24) is 14.7 Å². The molecule has 2 fully saturated rings. The lowest BCUT2D eigenvalue weighted by Crippen LogP contribution is -2.62. The predicted molar refractivity (Wildman–Crippen MR) is 123 cm³/mol. The minimum absolute atomic E-state index is 0. The first kappa shape index (κ1) is 29.6. The molecule has 0 saturated carbocycles. The number of hydrogen-bond acceptors (Lipinski definition) is 7. The number of likely N-dealkylation sites (tertiary alicyclic amines) is 1. The van der Waals surface area contributed by atoms with Crippen molar-refractivity contribution in [2.75, 3.05) is 46.4 Å². The number of halogens is 4. The lowest BCUT2D eigenvalue weighted by molar-refractivity contribution is -0.137. The zero-order valence-electron chi connectivity index (χ0n) is 19.3. The molecule has 35 heavy (non-hydrogen) atoms. The van der Waals surface area contributed by atoms with E-state index in [-0.39, 0.29) is 50.2 Å². The summed E-state index contributed by atoms with van der Waals surface area (Å²) in [5.74, 6) is -0.670. The number of amides is 1. The number of methoxy groups -OCH3 is 1. The van der Waals surface area contributed by atoms with Crippen LogP contribution in [0.25, 0.3) is 0 Å². The number of rotatable bonds is 8. The molecular formula is C21H31ClF3N3O6S. The summed E-state index contributed by atoms with van der Waals surface area (Å²) in [7, 11) is -2.53. The molecule has 200 valence electrons. The fourth-order valence-electron chi connectivity index (χ4n) is 4.41. The molecule has 0 bridgehead atoms. The number of hydrogen-bond donors (Lipinski definition) is 2.